The van der Waals surface area contributed by atoms with Crippen LogP contribution >= 0.6 is 23.1 Å². The first-order valence-electron chi connectivity index (χ1n) is 8.65. The van der Waals surface area contributed by atoms with Gasteiger partial charge >= 0.3 is 0 Å². The number of rotatable bonds is 6. The first-order chi connectivity index (χ1) is 13.0. The van der Waals surface area contributed by atoms with Gasteiger partial charge in [0.1, 0.15) is 0 Å². The van der Waals surface area contributed by atoms with Crippen molar-refractivity contribution in [1.29, 1.82) is 0 Å². The Kier molecular flexibility index (Phi) is 6.13. The largest absolute Gasteiger partial charge is 0.326 e. The molecular weight excluding hydrogens is 378 g/mol. The molecule has 1 aromatic heterocycles. The minimum Gasteiger partial charge on any atom is -0.326 e. The molecular formula is C20H21N3O2S2. The Morgan fingerprint density at radius 3 is 2.52 bits per heavy atom. The van der Waals surface area contributed by atoms with E-state index < -0.39 is 0 Å². The molecule has 2 N–H and O–H groups in total. The molecule has 0 fully saturated rings. The van der Waals surface area contributed by atoms with E-state index in [1.807, 2.05) is 57.2 Å². The summed E-state index contributed by atoms with van der Waals surface area (Å²) in [7, 11) is 0. The van der Waals surface area contributed by atoms with Gasteiger partial charge in [0, 0.05) is 17.8 Å². The molecule has 0 aliphatic carbocycles. The van der Waals surface area contributed by atoms with Crippen LogP contribution in [0.25, 0.3) is 10.2 Å². The van der Waals surface area contributed by atoms with Crippen LogP contribution in [0, 0.1) is 13.8 Å². The van der Waals surface area contributed by atoms with Crippen LogP contribution in [0.5, 0.6) is 0 Å². The molecule has 0 aliphatic heterocycles. The number of carbonyl (C=O) groups excluding carboxylic acids is 2. The highest BCUT2D eigenvalue weighted by Gasteiger charge is 2.11. The van der Waals surface area contributed by atoms with Gasteiger partial charge in [-0.2, -0.15) is 0 Å². The van der Waals surface area contributed by atoms with Gasteiger partial charge in [-0.05, 0) is 43.2 Å². The van der Waals surface area contributed by atoms with Gasteiger partial charge in [0.25, 0.3) is 0 Å². The topological polar surface area (TPSA) is 71.1 Å². The Bertz CT molecular complexity index is 978. The number of nitrogens with zero attached hydrogens (tertiary/aromatic N) is 1. The van der Waals surface area contributed by atoms with Crippen LogP contribution in [0.1, 0.15) is 24.5 Å². The van der Waals surface area contributed by atoms with Gasteiger partial charge in [0.2, 0.25) is 11.8 Å². The molecule has 5 nitrogen and oxygen atoms in total. The number of nitrogens with one attached hydrogen (secondary N) is 2. The lowest BCUT2D eigenvalue weighted by Crippen LogP contribution is -2.15. The van der Waals surface area contributed by atoms with Crippen LogP contribution in [0.4, 0.5) is 11.4 Å². The number of anilines is 2. The van der Waals surface area contributed by atoms with E-state index in [9.17, 15) is 9.59 Å². The Morgan fingerprint density at radius 2 is 1.81 bits per heavy atom. The number of thioether (sulfide) groups is 1. The summed E-state index contributed by atoms with van der Waals surface area (Å²) < 4.78 is 1.82. The maximum atomic E-state index is 12.3. The second-order valence-corrected chi connectivity index (χ2v) is 8.42. The Balaban J connectivity index is 1.64. The van der Waals surface area contributed by atoms with Gasteiger partial charge in [-0.25, -0.2) is 4.98 Å². The van der Waals surface area contributed by atoms with Gasteiger partial charge in [-0.3, -0.25) is 9.59 Å². The standard InChI is InChI=1S/C20H21N3O2S2/c1-4-17(24)21-14-8-9-15-16(10-14)27-20(22-15)26-11-18(25)23-19-12(2)6-5-7-13(19)3/h5-10H,4,11H2,1-3H3,(H,21,24)(H,23,25). The van der Waals surface area contributed by atoms with Crippen molar-refractivity contribution in [2.75, 3.05) is 16.4 Å². The summed E-state index contributed by atoms with van der Waals surface area (Å²) in [6, 6.07) is 11.6. The van der Waals surface area contributed by atoms with E-state index in [1.54, 1.807) is 0 Å². The number of para-hydroxylation sites is 1. The van der Waals surface area contributed by atoms with Crippen LogP contribution in [-0.4, -0.2) is 22.6 Å². The third-order valence-electron chi connectivity index (χ3n) is 4.05. The highest BCUT2D eigenvalue weighted by molar-refractivity contribution is 8.01. The van der Waals surface area contributed by atoms with Crippen molar-refractivity contribution < 1.29 is 9.59 Å². The molecule has 0 radical (unpaired) electrons. The number of hydrogen-bond acceptors (Lipinski definition) is 5. The van der Waals surface area contributed by atoms with Gasteiger partial charge in [0.15, 0.2) is 4.34 Å². The predicted octanol–water partition coefficient (Wildman–Crippen LogP) is 4.99. The first kappa shape index (κ1) is 19.4. The van der Waals surface area contributed by atoms with Gasteiger partial charge in [-0.1, -0.05) is 36.9 Å². The van der Waals surface area contributed by atoms with E-state index >= 15 is 0 Å². The van der Waals surface area contributed by atoms with E-state index in [4.69, 9.17) is 0 Å². The number of amides is 2. The smallest absolute Gasteiger partial charge is 0.234 e. The molecule has 140 valence electrons. The van der Waals surface area contributed by atoms with Crippen molar-refractivity contribution in [2.45, 2.75) is 31.5 Å². The van der Waals surface area contributed by atoms with Crippen LogP contribution < -0.4 is 10.6 Å². The molecule has 3 rings (SSSR count). The zero-order valence-electron chi connectivity index (χ0n) is 15.5. The van der Waals surface area contributed by atoms with Crippen molar-refractivity contribution in [2.24, 2.45) is 0 Å². The van der Waals surface area contributed by atoms with Gasteiger partial charge in [0.05, 0.1) is 16.0 Å². The molecule has 27 heavy (non-hydrogen) atoms. The van der Waals surface area contributed by atoms with Crippen molar-refractivity contribution in [3.8, 4) is 0 Å². The molecule has 1 heterocycles. The summed E-state index contributed by atoms with van der Waals surface area (Å²) in [5.74, 6) is 0.233. The Morgan fingerprint density at radius 1 is 1.07 bits per heavy atom. The summed E-state index contributed by atoms with van der Waals surface area (Å²) in [6.07, 6.45) is 0.442. The lowest BCUT2D eigenvalue weighted by molar-refractivity contribution is -0.116. The number of hydrogen-bond donors (Lipinski definition) is 2. The van der Waals surface area contributed by atoms with Crippen LogP contribution in [0.15, 0.2) is 40.7 Å². The third kappa shape index (κ3) is 4.87. The number of carbonyl (C=O) groups is 2. The fraction of sp³-hybridized carbons (Fsp3) is 0.250. The quantitative estimate of drug-likeness (QED) is 0.573. The van der Waals surface area contributed by atoms with Crippen molar-refractivity contribution in [3.05, 3.63) is 47.5 Å². The average Bonchev–Trinajstić information content (AvgIpc) is 3.05. The molecule has 0 aliphatic rings. The molecule has 0 saturated heterocycles. The second-order valence-electron chi connectivity index (χ2n) is 6.17. The number of aryl methyl sites for hydroxylation is 2. The van der Waals surface area contributed by atoms with Gasteiger partial charge < -0.3 is 10.6 Å². The molecule has 2 amide bonds. The zero-order chi connectivity index (χ0) is 19.4. The Labute approximate surface area is 166 Å². The fourth-order valence-corrected chi connectivity index (χ4v) is 4.51. The molecule has 7 heteroatoms. The number of fused-ring (bicyclic) bond motifs is 1. The molecule has 0 spiro atoms. The minimum atomic E-state index is -0.0486. The maximum absolute atomic E-state index is 12.3. The summed E-state index contributed by atoms with van der Waals surface area (Å²) in [4.78, 5) is 28.4. The number of benzene rings is 2. The van der Waals surface area contributed by atoms with Crippen molar-refractivity contribution >= 4 is 56.5 Å². The molecule has 0 atom stereocenters. The fourth-order valence-electron chi connectivity index (χ4n) is 2.61. The molecule has 2 aromatic carbocycles. The van der Waals surface area contributed by atoms with E-state index in [1.165, 1.54) is 23.1 Å². The number of thiazole rings is 1. The summed E-state index contributed by atoms with van der Waals surface area (Å²) in [5, 5.41) is 5.84. The number of aromatic nitrogens is 1. The van der Waals surface area contributed by atoms with E-state index in [2.05, 4.69) is 15.6 Å². The average molecular weight is 400 g/mol. The van der Waals surface area contributed by atoms with Crippen LogP contribution in [-0.2, 0) is 9.59 Å². The van der Waals surface area contributed by atoms with Crippen LogP contribution in [0.3, 0.4) is 0 Å². The SMILES string of the molecule is CCC(=O)Nc1ccc2nc(SCC(=O)Nc3c(C)cccc3C)sc2c1. The normalized spacial score (nSPS) is 10.8. The molecule has 0 bridgehead atoms. The predicted molar refractivity (Wildman–Crippen MR) is 114 cm³/mol. The lowest BCUT2D eigenvalue weighted by atomic mass is 10.1. The Hall–Kier alpha value is -2.38. The van der Waals surface area contributed by atoms with Crippen LogP contribution in [0.2, 0.25) is 0 Å². The molecule has 0 unspecified atom stereocenters. The summed E-state index contributed by atoms with van der Waals surface area (Å²) in [5.41, 5.74) is 4.61. The van der Waals surface area contributed by atoms with E-state index in [0.29, 0.717) is 12.2 Å². The molecule has 0 saturated carbocycles. The monoisotopic (exact) mass is 399 g/mol. The maximum Gasteiger partial charge on any atom is 0.234 e. The van der Waals surface area contributed by atoms with E-state index in [-0.39, 0.29) is 11.8 Å². The minimum absolute atomic E-state index is 0.0170. The molecule has 3 aromatic rings. The second kappa shape index (κ2) is 8.54. The summed E-state index contributed by atoms with van der Waals surface area (Å²) >= 11 is 2.94. The summed E-state index contributed by atoms with van der Waals surface area (Å²) in [6.45, 7) is 5.79. The lowest BCUT2D eigenvalue weighted by Gasteiger charge is -2.10. The first-order valence-corrected chi connectivity index (χ1v) is 10.5. The van der Waals surface area contributed by atoms with Crippen molar-refractivity contribution in [3.63, 3.8) is 0 Å². The van der Waals surface area contributed by atoms with Crippen molar-refractivity contribution in [1.82, 2.24) is 4.98 Å². The van der Waals surface area contributed by atoms with E-state index in [0.717, 1.165) is 37.1 Å². The highest BCUT2D eigenvalue weighted by Crippen LogP contribution is 2.31. The van der Waals surface area contributed by atoms with Gasteiger partial charge in [-0.15, -0.1) is 11.3 Å². The third-order valence-corrected chi connectivity index (χ3v) is 6.21. The zero-order valence-corrected chi connectivity index (χ0v) is 17.1. The highest BCUT2D eigenvalue weighted by atomic mass is 32.2.